The largest absolute Gasteiger partial charge is 0.395 e. The van der Waals surface area contributed by atoms with Crippen molar-refractivity contribution in [3.8, 4) is 0 Å². The third-order valence-electron chi connectivity index (χ3n) is 4.51. The molecule has 29 heavy (non-hydrogen) atoms. The molecule has 0 spiro atoms. The quantitative estimate of drug-likeness (QED) is 0.349. The zero-order valence-electron chi connectivity index (χ0n) is 16.3. The predicted molar refractivity (Wildman–Crippen MR) is 111 cm³/mol. The SMILES string of the molecule is NC(=O)c1ccccc1CCNC(=O)C(NCCO)C(O)[CH]Cc1ccccc1. The smallest absolute Gasteiger partial charge is 0.248 e. The molecule has 2 atom stereocenters. The molecule has 155 valence electrons. The van der Waals surface area contributed by atoms with E-state index in [1.165, 1.54) is 0 Å². The third kappa shape index (κ3) is 7.30. The van der Waals surface area contributed by atoms with Gasteiger partial charge in [-0.25, -0.2) is 0 Å². The topological polar surface area (TPSA) is 125 Å². The first-order valence-electron chi connectivity index (χ1n) is 9.58. The van der Waals surface area contributed by atoms with Gasteiger partial charge in [0.05, 0.1) is 12.7 Å². The average molecular weight is 398 g/mol. The summed E-state index contributed by atoms with van der Waals surface area (Å²) in [5, 5.41) is 25.2. The fourth-order valence-corrected chi connectivity index (χ4v) is 3.00. The van der Waals surface area contributed by atoms with Gasteiger partial charge in [0.2, 0.25) is 11.8 Å². The van der Waals surface area contributed by atoms with E-state index in [0.29, 0.717) is 18.4 Å². The van der Waals surface area contributed by atoms with Gasteiger partial charge in [-0.2, -0.15) is 0 Å². The average Bonchev–Trinajstić information content (AvgIpc) is 2.73. The molecule has 0 saturated carbocycles. The summed E-state index contributed by atoms with van der Waals surface area (Å²) in [6.07, 6.45) is 1.58. The summed E-state index contributed by atoms with van der Waals surface area (Å²) in [6, 6.07) is 15.7. The van der Waals surface area contributed by atoms with Gasteiger partial charge in [0.1, 0.15) is 6.04 Å². The predicted octanol–water partition coefficient (Wildman–Crippen LogP) is 0.203. The summed E-state index contributed by atoms with van der Waals surface area (Å²) in [6.45, 7) is 0.311. The number of carbonyl (C=O) groups excluding carboxylic acids is 2. The van der Waals surface area contributed by atoms with E-state index in [1.807, 2.05) is 30.3 Å². The van der Waals surface area contributed by atoms with Crippen LogP contribution in [0.4, 0.5) is 0 Å². The molecule has 0 bridgehead atoms. The first-order chi connectivity index (χ1) is 14.0. The Kier molecular flexibility index (Phi) is 9.30. The summed E-state index contributed by atoms with van der Waals surface area (Å²) in [4.78, 5) is 24.1. The van der Waals surface area contributed by atoms with E-state index in [1.54, 1.807) is 30.7 Å². The van der Waals surface area contributed by atoms with Gasteiger partial charge >= 0.3 is 0 Å². The van der Waals surface area contributed by atoms with Crippen molar-refractivity contribution in [2.45, 2.75) is 25.0 Å². The lowest BCUT2D eigenvalue weighted by atomic mass is 10.0. The highest BCUT2D eigenvalue weighted by atomic mass is 16.3. The van der Waals surface area contributed by atoms with E-state index in [-0.39, 0.29) is 25.6 Å². The van der Waals surface area contributed by atoms with Crippen molar-refractivity contribution < 1.29 is 19.8 Å². The Balaban J connectivity index is 1.91. The number of rotatable bonds is 12. The molecule has 0 fully saturated rings. The number of hydrogen-bond acceptors (Lipinski definition) is 5. The number of nitrogens with two attached hydrogens (primary N) is 1. The number of amides is 2. The van der Waals surface area contributed by atoms with Gasteiger partial charge < -0.3 is 26.6 Å². The lowest BCUT2D eigenvalue weighted by Gasteiger charge is -2.23. The molecular weight excluding hydrogens is 370 g/mol. The number of hydrogen-bond donors (Lipinski definition) is 5. The Bertz CT molecular complexity index is 783. The summed E-state index contributed by atoms with van der Waals surface area (Å²) in [5.41, 5.74) is 7.57. The van der Waals surface area contributed by atoms with Crippen LogP contribution in [-0.4, -0.2) is 53.9 Å². The minimum atomic E-state index is -1.03. The van der Waals surface area contributed by atoms with Crippen LogP contribution in [0.2, 0.25) is 0 Å². The first-order valence-corrected chi connectivity index (χ1v) is 9.58. The zero-order chi connectivity index (χ0) is 21.1. The first kappa shape index (κ1) is 22.5. The molecule has 2 unspecified atom stereocenters. The highest BCUT2D eigenvalue weighted by molar-refractivity contribution is 5.94. The molecule has 2 amide bonds. The van der Waals surface area contributed by atoms with Gasteiger partial charge in [-0.05, 0) is 36.5 Å². The second-order valence-electron chi connectivity index (χ2n) is 6.63. The summed E-state index contributed by atoms with van der Waals surface area (Å²) in [5.74, 6) is -0.896. The van der Waals surface area contributed by atoms with Gasteiger partial charge in [-0.1, -0.05) is 48.5 Å². The molecular formula is C22H28N3O4. The maximum absolute atomic E-state index is 12.6. The van der Waals surface area contributed by atoms with Gasteiger partial charge in [0, 0.05) is 18.7 Å². The molecule has 7 heteroatoms. The minimum absolute atomic E-state index is 0.152. The number of benzene rings is 2. The van der Waals surface area contributed by atoms with Crippen molar-refractivity contribution in [1.29, 1.82) is 0 Å². The highest BCUT2D eigenvalue weighted by Crippen LogP contribution is 2.09. The number of primary amides is 1. The van der Waals surface area contributed by atoms with Crippen LogP contribution < -0.4 is 16.4 Å². The van der Waals surface area contributed by atoms with Gasteiger partial charge in [0.15, 0.2) is 0 Å². The maximum Gasteiger partial charge on any atom is 0.248 e. The normalized spacial score (nSPS) is 12.9. The number of nitrogens with one attached hydrogen (secondary N) is 2. The van der Waals surface area contributed by atoms with Crippen LogP contribution in [-0.2, 0) is 17.6 Å². The molecule has 0 heterocycles. The van der Waals surface area contributed by atoms with Crippen molar-refractivity contribution in [2.75, 3.05) is 19.7 Å². The summed E-state index contributed by atoms with van der Waals surface area (Å²) in [7, 11) is 0. The van der Waals surface area contributed by atoms with Crippen LogP contribution in [0, 0.1) is 6.42 Å². The van der Waals surface area contributed by atoms with Crippen molar-refractivity contribution in [1.82, 2.24) is 10.6 Å². The van der Waals surface area contributed by atoms with Crippen LogP contribution in [0.25, 0.3) is 0 Å². The molecule has 0 aliphatic heterocycles. The molecule has 6 N–H and O–H groups in total. The second kappa shape index (κ2) is 12.0. The van der Waals surface area contributed by atoms with Gasteiger partial charge in [-0.3, -0.25) is 9.59 Å². The monoisotopic (exact) mass is 398 g/mol. The molecule has 1 radical (unpaired) electrons. The van der Waals surface area contributed by atoms with E-state index < -0.39 is 18.1 Å². The van der Waals surface area contributed by atoms with Crippen molar-refractivity contribution in [2.24, 2.45) is 5.73 Å². The van der Waals surface area contributed by atoms with Crippen LogP contribution >= 0.6 is 0 Å². The standard InChI is InChI=1S/C22H28N3O4/c23-21(28)18-9-5-4-8-17(18)12-13-25-22(29)20(24-14-15-26)19(27)11-10-16-6-2-1-3-7-16/h1-9,11,19-20,24,26-27H,10,12-15H2,(H2,23,28)(H,25,29). The molecule has 0 aliphatic rings. The van der Waals surface area contributed by atoms with E-state index in [2.05, 4.69) is 10.6 Å². The van der Waals surface area contributed by atoms with Crippen molar-refractivity contribution >= 4 is 11.8 Å². The number of aliphatic hydroxyl groups is 2. The summed E-state index contributed by atoms with van der Waals surface area (Å²) < 4.78 is 0. The Labute approximate surface area is 170 Å². The Morgan fingerprint density at radius 3 is 2.41 bits per heavy atom. The molecule has 2 aromatic rings. The second-order valence-corrected chi connectivity index (χ2v) is 6.63. The molecule has 2 aromatic carbocycles. The maximum atomic E-state index is 12.6. The summed E-state index contributed by atoms with van der Waals surface area (Å²) >= 11 is 0. The van der Waals surface area contributed by atoms with Gasteiger partial charge in [-0.15, -0.1) is 0 Å². The molecule has 2 rings (SSSR count). The highest BCUT2D eigenvalue weighted by Gasteiger charge is 2.26. The molecule has 0 aromatic heterocycles. The van der Waals surface area contributed by atoms with Crippen LogP contribution in [0.1, 0.15) is 21.5 Å². The Morgan fingerprint density at radius 1 is 1.03 bits per heavy atom. The molecule has 7 nitrogen and oxygen atoms in total. The fourth-order valence-electron chi connectivity index (χ4n) is 3.00. The fraction of sp³-hybridized carbons (Fsp3) is 0.318. The lowest BCUT2D eigenvalue weighted by Crippen LogP contribution is -2.52. The molecule has 0 saturated heterocycles. The van der Waals surface area contributed by atoms with Crippen molar-refractivity contribution in [3.05, 3.63) is 77.7 Å². The number of aliphatic hydroxyl groups excluding tert-OH is 2. The Morgan fingerprint density at radius 2 is 1.72 bits per heavy atom. The van der Waals surface area contributed by atoms with E-state index in [0.717, 1.165) is 11.1 Å². The number of carbonyl (C=O) groups is 2. The van der Waals surface area contributed by atoms with E-state index >= 15 is 0 Å². The van der Waals surface area contributed by atoms with Crippen LogP contribution in [0.15, 0.2) is 54.6 Å². The minimum Gasteiger partial charge on any atom is -0.395 e. The van der Waals surface area contributed by atoms with Crippen LogP contribution in [0.3, 0.4) is 0 Å². The van der Waals surface area contributed by atoms with Gasteiger partial charge in [0.25, 0.3) is 0 Å². The zero-order valence-corrected chi connectivity index (χ0v) is 16.3. The lowest BCUT2D eigenvalue weighted by molar-refractivity contribution is -0.125. The van der Waals surface area contributed by atoms with Crippen LogP contribution in [0.5, 0.6) is 0 Å². The Hall–Kier alpha value is -2.74. The van der Waals surface area contributed by atoms with E-state index in [4.69, 9.17) is 10.8 Å². The van der Waals surface area contributed by atoms with E-state index in [9.17, 15) is 14.7 Å². The third-order valence-corrected chi connectivity index (χ3v) is 4.51. The molecule has 0 aliphatic carbocycles. The van der Waals surface area contributed by atoms with Crippen molar-refractivity contribution in [3.63, 3.8) is 0 Å².